The first-order valence-corrected chi connectivity index (χ1v) is 6.98. The summed E-state index contributed by atoms with van der Waals surface area (Å²) in [6.45, 7) is 2.80. The highest BCUT2D eigenvalue weighted by molar-refractivity contribution is 7.99. The third-order valence-electron chi connectivity index (χ3n) is 2.40. The molecule has 2 N–H and O–H groups in total. The number of thioether (sulfide) groups is 1. The van der Waals surface area contributed by atoms with Gasteiger partial charge in [-0.05, 0) is 33.2 Å². The molecular weight excluding hydrogens is 267 g/mol. The number of anilines is 1. The molecule has 0 aliphatic carbocycles. The van der Waals surface area contributed by atoms with Gasteiger partial charge >= 0.3 is 5.97 Å². The Kier molecular flexibility index (Phi) is 6.11. The lowest BCUT2D eigenvalue weighted by Crippen LogP contribution is -2.15. The van der Waals surface area contributed by atoms with Gasteiger partial charge in [0.15, 0.2) is 0 Å². The summed E-state index contributed by atoms with van der Waals surface area (Å²) in [7, 11) is 3.90. The molecule has 1 aromatic carbocycles. The molecule has 0 aliphatic heterocycles. The molecule has 0 fully saturated rings. The number of esters is 1. The minimum Gasteiger partial charge on any atom is -0.462 e. The highest BCUT2D eigenvalue weighted by Gasteiger charge is 2.15. The number of rotatable bonds is 6. The van der Waals surface area contributed by atoms with Crippen LogP contribution < -0.4 is 5.73 Å². The number of ether oxygens (including phenoxy) is 1. The van der Waals surface area contributed by atoms with E-state index in [-0.39, 0.29) is 17.9 Å². The fourth-order valence-electron chi connectivity index (χ4n) is 1.40. The lowest BCUT2D eigenvalue weighted by atomic mass is 10.2. The van der Waals surface area contributed by atoms with Crippen molar-refractivity contribution in [3.63, 3.8) is 0 Å². The number of nitrogen functional groups attached to an aromatic ring is 1. The van der Waals surface area contributed by atoms with Crippen molar-refractivity contribution in [2.75, 3.05) is 38.7 Å². The molecular formula is C13H19FN2O2S. The largest absolute Gasteiger partial charge is 0.462 e. The molecule has 0 bridgehead atoms. The van der Waals surface area contributed by atoms with Crippen LogP contribution in [0.25, 0.3) is 0 Å². The summed E-state index contributed by atoms with van der Waals surface area (Å²) < 4.78 is 18.6. The molecule has 0 saturated heterocycles. The first kappa shape index (κ1) is 15.8. The van der Waals surface area contributed by atoms with Gasteiger partial charge in [-0.2, -0.15) is 0 Å². The molecule has 0 saturated carbocycles. The number of hydrogen-bond donors (Lipinski definition) is 1. The van der Waals surface area contributed by atoms with E-state index in [1.807, 2.05) is 19.0 Å². The molecule has 19 heavy (non-hydrogen) atoms. The van der Waals surface area contributed by atoms with Gasteiger partial charge in [0.25, 0.3) is 0 Å². The number of halogens is 1. The number of benzene rings is 1. The van der Waals surface area contributed by atoms with E-state index in [2.05, 4.69) is 0 Å². The summed E-state index contributed by atoms with van der Waals surface area (Å²) in [5.41, 5.74) is 5.96. The summed E-state index contributed by atoms with van der Waals surface area (Å²) in [6.07, 6.45) is 0. The van der Waals surface area contributed by atoms with Crippen LogP contribution in [0.2, 0.25) is 0 Å². The third-order valence-corrected chi connectivity index (χ3v) is 3.41. The molecule has 4 nitrogen and oxygen atoms in total. The van der Waals surface area contributed by atoms with Crippen molar-refractivity contribution in [1.82, 2.24) is 4.90 Å². The zero-order chi connectivity index (χ0) is 14.4. The maximum atomic E-state index is 13.7. The molecule has 0 atom stereocenters. The molecule has 106 valence electrons. The van der Waals surface area contributed by atoms with Gasteiger partial charge in [0.1, 0.15) is 5.82 Å². The summed E-state index contributed by atoms with van der Waals surface area (Å²) in [4.78, 5) is 14.1. The van der Waals surface area contributed by atoms with Gasteiger partial charge < -0.3 is 15.4 Å². The quantitative estimate of drug-likeness (QED) is 0.494. The van der Waals surface area contributed by atoms with Crippen molar-refractivity contribution >= 4 is 23.4 Å². The van der Waals surface area contributed by atoms with Gasteiger partial charge in [-0.1, -0.05) is 0 Å². The van der Waals surface area contributed by atoms with Crippen LogP contribution in [-0.4, -0.2) is 43.9 Å². The number of carbonyl (C=O) groups is 1. The van der Waals surface area contributed by atoms with Crippen molar-refractivity contribution < 1.29 is 13.9 Å². The van der Waals surface area contributed by atoms with Crippen LogP contribution in [0, 0.1) is 5.82 Å². The molecule has 6 heteroatoms. The van der Waals surface area contributed by atoms with Crippen LogP contribution in [-0.2, 0) is 4.74 Å². The van der Waals surface area contributed by atoms with Crippen LogP contribution in [0.3, 0.4) is 0 Å². The van der Waals surface area contributed by atoms with Crippen LogP contribution in [0.1, 0.15) is 17.3 Å². The zero-order valence-corrected chi connectivity index (χ0v) is 12.2. The van der Waals surface area contributed by atoms with Crippen molar-refractivity contribution in [3.8, 4) is 0 Å². The maximum Gasteiger partial charge on any atom is 0.340 e. The van der Waals surface area contributed by atoms with Gasteiger partial charge in [0.05, 0.1) is 12.2 Å². The second kappa shape index (κ2) is 7.35. The van der Waals surface area contributed by atoms with E-state index in [0.717, 1.165) is 12.3 Å². The number of carbonyl (C=O) groups excluding carboxylic acids is 1. The smallest absolute Gasteiger partial charge is 0.340 e. The monoisotopic (exact) mass is 286 g/mol. The molecule has 0 heterocycles. The fraction of sp³-hybridized carbons (Fsp3) is 0.462. The molecule has 1 rings (SSSR count). The minimum absolute atomic E-state index is 0.105. The van der Waals surface area contributed by atoms with E-state index >= 15 is 0 Å². The van der Waals surface area contributed by atoms with Gasteiger partial charge in [-0.25, -0.2) is 9.18 Å². The van der Waals surface area contributed by atoms with E-state index in [0.29, 0.717) is 4.90 Å². The average Bonchev–Trinajstić information content (AvgIpc) is 2.31. The lowest BCUT2D eigenvalue weighted by Gasteiger charge is -2.11. The van der Waals surface area contributed by atoms with Crippen LogP contribution in [0.15, 0.2) is 17.0 Å². The van der Waals surface area contributed by atoms with Crippen molar-refractivity contribution in [2.24, 2.45) is 0 Å². The van der Waals surface area contributed by atoms with E-state index in [9.17, 15) is 9.18 Å². The molecule has 0 aromatic heterocycles. The van der Waals surface area contributed by atoms with E-state index in [1.165, 1.54) is 23.9 Å². The first-order chi connectivity index (χ1) is 8.95. The van der Waals surface area contributed by atoms with Crippen molar-refractivity contribution in [3.05, 3.63) is 23.5 Å². The Bertz CT molecular complexity index is 453. The topological polar surface area (TPSA) is 55.6 Å². The summed E-state index contributed by atoms with van der Waals surface area (Å²) in [6, 6.07) is 2.63. The van der Waals surface area contributed by atoms with Gasteiger partial charge in [-0.3, -0.25) is 0 Å². The Labute approximate surface area is 117 Å². The number of hydrogen-bond acceptors (Lipinski definition) is 5. The average molecular weight is 286 g/mol. The zero-order valence-electron chi connectivity index (χ0n) is 11.4. The van der Waals surface area contributed by atoms with E-state index in [1.54, 1.807) is 6.92 Å². The van der Waals surface area contributed by atoms with Gasteiger partial charge in [0.2, 0.25) is 0 Å². The Morgan fingerprint density at radius 2 is 2.16 bits per heavy atom. The highest BCUT2D eigenvalue weighted by atomic mass is 32.2. The van der Waals surface area contributed by atoms with Gasteiger partial charge in [-0.15, -0.1) is 11.8 Å². The number of nitrogens with two attached hydrogens (primary N) is 1. The maximum absolute atomic E-state index is 13.7. The summed E-state index contributed by atoms with van der Waals surface area (Å²) >= 11 is 1.35. The molecule has 0 spiro atoms. The van der Waals surface area contributed by atoms with Crippen molar-refractivity contribution in [2.45, 2.75) is 11.8 Å². The molecule has 0 aliphatic rings. The molecule has 0 unspecified atom stereocenters. The predicted octanol–water partition coefficient (Wildman–Crippen LogP) is 2.24. The predicted molar refractivity (Wildman–Crippen MR) is 76.0 cm³/mol. The van der Waals surface area contributed by atoms with Crippen LogP contribution in [0.5, 0.6) is 0 Å². The molecule has 0 radical (unpaired) electrons. The Hall–Kier alpha value is -1.27. The highest BCUT2D eigenvalue weighted by Crippen LogP contribution is 2.27. The Balaban J connectivity index is 2.86. The molecule has 0 amide bonds. The number of nitrogens with zero attached hydrogens (tertiary/aromatic N) is 1. The third kappa shape index (κ3) is 4.72. The molecule has 1 aromatic rings. The lowest BCUT2D eigenvalue weighted by molar-refractivity contribution is 0.0527. The first-order valence-electron chi connectivity index (χ1n) is 5.99. The second-order valence-electron chi connectivity index (χ2n) is 4.24. The van der Waals surface area contributed by atoms with Gasteiger partial charge in [0, 0.05) is 22.9 Å². The summed E-state index contributed by atoms with van der Waals surface area (Å²) in [5.74, 6) is -0.195. The van der Waals surface area contributed by atoms with E-state index in [4.69, 9.17) is 10.5 Å². The SMILES string of the molecule is CCOC(=O)c1cc(SCCN(C)C)c(F)cc1N. The second-order valence-corrected chi connectivity index (χ2v) is 5.38. The Morgan fingerprint density at radius 3 is 2.74 bits per heavy atom. The van der Waals surface area contributed by atoms with E-state index < -0.39 is 11.8 Å². The standard InChI is InChI=1S/C13H19FN2O2S/c1-4-18-13(17)9-7-12(10(14)8-11(9)15)19-6-5-16(2)3/h7-8H,4-6,15H2,1-3H3. The minimum atomic E-state index is -0.519. The van der Waals surface area contributed by atoms with Crippen LogP contribution >= 0.6 is 11.8 Å². The van der Waals surface area contributed by atoms with Crippen LogP contribution in [0.4, 0.5) is 10.1 Å². The van der Waals surface area contributed by atoms with Crippen molar-refractivity contribution in [1.29, 1.82) is 0 Å². The Morgan fingerprint density at radius 1 is 1.47 bits per heavy atom. The normalized spacial score (nSPS) is 10.8. The summed E-state index contributed by atoms with van der Waals surface area (Å²) in [5, 5.41) is 0. The fourth-order valence-corrected chi connectivity index (χ4v) is 2.48.